The topological polar surface area (TPSA) is 170 Å². The van der Waals surface area contributed by atoms with Gasteiger partial charge in [-0.2, -0.15) is 0 Å². The molecule has 0 spiro atoms. The molecule has 1 unspecified atom stereocenters. The van der Waals surface area contributed by atoms with E-state index in [9.17, 15) is 28.8 Å². The Morgan fingerprint density at radius 3 is 1.90 bits per heavy atom. The van der Waals surface area contributed by atoms with Crippen molar-refractivity contribution in [1.29, 1.82) is 0 Å². The Hall–Kier alpha value is -4.44. The molecule has 222 valence electrons. The number of ether oxygens (including phenoxy) is 6. The number of nitrogens with one attached hydrogen (secondary N) is 1. The van der Waals surface area contributed by atoms with Gasteiger partial charge in [-0.3, -0.25) is 24.0 Å². The minimum Gasteiger partial charge on any atom is -0.467 e. The van der Waals surface area contributed by atoms with Crippen LogP contribution < -0.4 is 5.32 Å². The van der Waals surface area contributed by atoms with Crippen LogP contribution in [0, 0.1) is 11.8 Å². The summed E-state index contributed by atoms with van der Waals surface area (Å²) in [6, 6.07) is 5.86. The van der Waals surface area contributed by atoms with Crippen LogP contribution in [0.1, 0.15) is 45.7 Å². The third-order valence-electron chi connectivity index (χ3n) is 5.61. The molecule has 0 saturated carbocycles. The summed E-state index contributed by atoms with van der Waals surface area (Å²) >= 11 is 0. The van der Waals surface area contributed by atoms with Gasteiger partial charge in [0, 0.05) is 46.6 Å². The maximum Gasteiger partial charge on any atom is 0.328 e. The van der Waals surface area contributed by atoms with Crippen LogP contribution in [0.4, 0.5) is 0 Å². The van der Waals surface area contributed by atoms with E-state index in [4.69, 9.17) is 28.4 Å². The number of benzene rings is 1. The van der Waals surface area contributed by atoms with Gasteiger partial charge < -0.3 is 33.7 Å². The zero-order valence-corrected chi connectivity index (χ0v) is 23.6. The van der Waals surface area contributed by atoms with Crippen molar-refractivity contribution in [2.45, 2.75) is 77.6 Å². The van der Waals surface area contributed by atoms with Gasteiger partial charge in [0.05, 0.1) is 7.11 Å². The molecule has 1 N–H and O–H groups in total. The predicted octanol–water partition coefficient (Wildman–Crippen LogP) is 0.384. The molecule has 1 heterocycles. The standard InChI is InChI=1S/C28H33NO12/c1-15(30)29-22(28(35)36-6)13-21-9-7-20(8-10-21)11-12-23-25(38-17(3)32)27(40-19(5)34)26(39-18(4)33)24(41-23)14-37-16(2)31/h7-10,22-27H,13-14H2,1-6H3,(H,29,30)/t22?,23-,24-,25-,26-,27-/m1/s1. The van der Waals surface area contributed by atoms with Crippen LogP contribution in [0.25, 0.3) is 0 Å². The first kappa shape index (κ1) is 32.8. The molecule has 2 rings (SSSR count). The molecule has 13 heteroatoms. The largest absolute Gasteiger partial charge is 0.467 e. The summed E-state index contributed by atoms with van der Waals surface area (Å²) in [6.07, 6.45) is -5.99. The summed E-state index contributed by atoms with van der Waals surface area (Å²) in [7, 11) is 1.23. The molecule has 1 aliphatic rings. The number of rotatable bonds is 9. The van der Waals surface area contributed by atoms with Crippen LogP contribution in [0.2, 0.25) is 0 Å². The maximum atomic E-state index is 12.0. The van der Waals surface area contributed by atoms with Crippen LogP contribution in [0.3, 0.4) is 0 Å². The molecule has 1 aromatic rings. The second-order valence-electron chi connectivity index (χ2n) is 9.07. The normalized spacial score (nSPS) is 22.0. The number of hydrogen-bond donors (Lipinski definition) is 1. The monoisotopic (exact) mass is 575 g/mol. The Morgan fingerprint density at radius 2 is 1.39 bits per heavy atom. The van der Waals surface area contributed by atoms with E-state index in [0.29, 0.717) is 11.1 Å². The zero-order valence-electron chi connectivity index (χ0n) is 23.6. The molecular formula is C28H33NO12. The Balaban J connectivity index is 2.39. The van der Waals surface area contributed by atoms with Gasteiger partial charge in [0.2, 0.25) is 5.91 Å². The minimum absolute atomic E-state index is 0.180. The summed E-state index contributed by atoms with van der Waals surface area (Å²) < 4.78 is 31.9. The summed E-state index contributed by atoms with van der Waals surface area (Å²) in [5.74, 6) is 1.93. The maximum absolute atomic E-state index is 12.0. The molecule has 1 aliphatic heterocycles. The van der Waals surface area contributed by atoms with E-state index in [0.717, 1.165) is 20.8 Å². The summed E-state index contributed by atoms with van der Waals surface area (Å²) in [4.78, 5) is 70.6. The lowest BCUT2D eigenvalue weighted by Gasteiger charge is -2.42. The van der Waals surface area contributed by atoms with Crippen molar-refractivity contribution < 1.29 is 57.2 Å². The van der Waals surface area contributed by atoms with Gasteiger partial charge in [-0.1, -0.05) is 24.0 Å². The molecule has 0 bridgehead atoms. The highest BCUT2D eigenvalue weighted by molar-refractivity contribution is 5.83. The number of carbonyl (C=O) groups is 6. The van der Waals surface area contributed by atoms with Crippen molar-refractivity contribution >= 4 is 35.8 Å². The van der Waals surface area contributed by atoms with E-state index in [1.54, 1.807) is 24.3 Å². The number of esters is 5. The van der Waals surface area contributed by atoms with Gasteiger partial charge in [0.25, 0.3) is 0 Å². The number of methoxy groups -OCH3 is 1. The van der Waals surface area contributed by atoms with Crippen LogP contribution in [-0.2, 0) is 63.6 Å². The third kappa shape index (κ3) is 10.6. The highest BCUT2D eigenvalue weighted by Crippen LogP contribution is 2.29. The van der Waals surface area contributed by atoms with E-state index >= 15 is 0 Å². The van der Waals surface area contributed by atoms with E-state index < -0.39 is 66.4 Å². The van der Waals surface area contributed by atoms with E-state index in [2.05, 4.69) is 17.2 Å². The fourth-order valence-corrected chi connectivity index (χ4v) is 4.04. The van der Waals surface area contributed by atoms with Gasteiger partial charge in [0.15, 0.2) is 24.4 Å². The number of hydrogen-bond acceptors (Lipinski definition) is 12. The van der Waals surface area contributed by atoms with Gasteiger partial charge in [-0.05, 0) is 17.7 Å². The SMILES string of the molecule is COC(=O)C(Cc1ccc(C#C[C@H]2O[C@H](COC(C)=O)[C@@H](OC(C)=O)[C@H](OC(C)=O)[C@@H]2OC(C)=O)cc1)NC(C)=O. The van der Waals surface area contributed by atoms with Crippen molar-refractivity contribution in [3.63, 3.8) is 0 Å². The van der Waals surface area contributed by atoms with Crippen molar-refractivity contribution in [3.05, 3.63) is 35.4 Å². The molecule has 1 amide bonds. The van der Waals surface area contributed by atoms with Crippen LogP contribution in [0.15, 0.2) is 24.3 Å². The first-order chi connectivity index (χ1) is 19.3. The average molecular weight is 576 g/mol. The highest BCUT2D eigenvalue weighted by atomic mass is 16.7. The number of amides is 1. The number of carbonyl (C=O) groups excluding carboxylic acids is 6. The Morgan fingerprint density at radius 1 is 0.829 bits per heavy atom. The lowest BCUT2D eigenvalue weighted by atomic mass is 9.94. The molecular weight excluding hydrogens is 542 g/mol. The van der Waals surface area contributed by atoms with Gasteiger partial charge in [-0.15, -0.1) is 0 Å². The summed E-state index contributed by atoms with van der Waals surface area (Å²) in [5, 5.41) is 2.54. The zero-order chi connectivity index (χ0) is 30.7. The first-order valence-electron chi connectivity index (χ1n) is 12.6. The Labute approximate surface area is 237 Å². The third-order valence-corrected chi connectivity index (χ3v) is 5.61. The van der Waals surface area contributed by atoms with Crippen molar-refractivity contribution in [1.82, 2.24) is 5.32 Å². The van der Waals surface area contributed by atoms with Crippen molar-refractivity contribution in [3.8, 4) is 11.8 Å². The second-order valence-corrected chi connectivity index (χ2v) is 9.07. The molecule has 41 heavy (non-hydrogen) atoms. The van der Waals surface area contributed by atoms with Gasteiger partial charge in [-0.25, -0.2) is 4.79 Å². The molecule has 13 nitrogen and oxygen atoms in total. The highest BCUT2D eigenvalue weighted by Gasteiger charge is 2.51. The van der Waals surface area contributed by atoms with Crippen LogP contribution in [0.5, 0.6) is 0 Å². The van der Waals surface area contributed by atoms with Gasteiger partial charge >= 0.3 is 29.8 Å². The predicted molar refractivity (Wildman–Crippen MR) is 139 cm³/mol. The Kier molecular flexibility index (Phi) is 12.3. The average Bonchev–Trinajstić information content (AvgIpc) is 2.88. The first-order valence-corrected chi connectivity index (χ1v) is 12.6. The smallest absolute Gasteiger partial charge is 0.328 e. The summed E-state index contributed by atoms with van der Waals surface area (Å²) in [5.41, 5.74) is 1.22. The van der Waals surface area contributed by atoms with E-state index in [1.807, 2.05) is 0 Å². The molecule has 0 aromatic heterocycles. The van der Waals surface area contributed by atoms with Crippen LogP contribution >= 0.6 is 0 Å². The minimum atomic E-state index is -1.32. The molecule has 0 radical (unpaired) electrons. The van der Waals surface area contributed by atoms with E-state index in [1.165, 1.54) is 21.0 Å². The van der Waals surface area contributed by atoms with Gasteiger partial charge in [0.1, 0.15) is 18.8 Å². The van der Waals surface area contributed by atoms with Crippen molar-refractivity contribution in [2.24, 2.45) is 0 Å². The lowest BCUT2D eigenvalue weighted by molar-refractivity contribution is -0.242. The summed E-state index contributed by atoms with van der Waals surface area (Å²) in [6.45, 7) is 5.52. The fourth-order valence-electron chi connectivity index (χ4n) is 4.04. The molecule has 0 aliphatic carbocycles. The van der Waals surface area contributed by atoms with Crippen molar-refractivity contribution in [2.75, 3.05) is 13.7 Å². The lowest BCUT2D eigenvalue weighted by Crippen LogP contribution is -2.62. The molecule has 1 saturated heterocycles. The molecule has 1 fully saturated rings. The fraction of sp³-hybridized carbons (Fsp3) is 0.500. The van der Waals surface area contributed by atoms with E-state index in [-0.39, 0.29) is 18.9 Å². The Bertz CT molecular complexity index is 1200. The van der Waals surface area contributed by atoms with Crippen LogP contribution in [-0.4, -0.2) is 86.0 Å². The molecule has 6 atom stereocenters. The second kappa shape index (κ2) is 15.4. The molecule has 1 aromatic carbocycles. The quantitative estimate of drug-likeness (QED) is 0.244.